The molecule has 0 radical (unpaired) electrons. The van der Waals surface area contributed by atoms with Gasteiger partial charge >= 0.3 is 0 Å². The summed E-state index contributed by atoms with van der Waals surface area (Å²) in [7, 11) is 0. The number of aryl methyl sites for hydroxylation is 3. The Bertz CT molecular complexity index is 970. The molecule has 0 fully saturated rings. The van der Waals surface area contributed by atoms with E-state index in [1.54, 1.807) is 42.7 Å². The summed E-state index contributed by atoms with van der Waals surface area (Å²) in [5, 5.41) is 8.83. The highest BCUT2D eigenvalue weighted by Gasteiger charge is 2.09. The molecule has 0 unspecified atom stereocenters. The quantitative estimate of drug-likeness (QED) is 0.564. The van der Waals surface area contributed by atoms with Gasteiger partial charge in [0.25, 0.3) is 5.91 Å². The number of anilines is 2. The molecular weight excluding hydrogens is 366 g/mol. The number of hydrogen-bond donors (Lipinski definition) is 3. The van der Waals surface area contributed by atoms with Crippen LogP contribution in [0.1, 0.15) is 32.8 Å². The summed E-state index contributed by atoms with van der Waals surface area (Å²) in [5.74, 6) is 0.387. The molecule has 3 aromatic rings. The lowest BCUT2D eigenvalue weighted by Gasteiger charge is -2.13. The number of benzene rings is 2. The Labute approximate surface area is 170 Å². The second-order valence-corrected chi connectivity index (χ2v) is 7.01. The molecule has 6 heteroatoms. The molecule has 0 bridgehead atoms. The zero-order valence-electron chi connectivity index (χ0n) is 16.8. The average Bonchev–Trinajstić information content (AvgIpc) is 3.21. The van der Waals surface area contributed by atoms with Crippen LogP contribution in [0.4, 0.5) is 11.4 Å². The van der Waals surface area contributed by atoms with Crippen molar-refractivity contribution in [3.63, 3.8) is 0 Å². The first kappa shape index (κ1) is 20.2. The number of hydrogen-bond acceptors (Lipinski definition) is 4. The minimum atomic E-state index is -0.184. The molecule has 1 heterocycles. The maximum atomic E-state index is 12.3. The fourth-order valence-electron chi connectivity index (χ4n) is 3.17. The van der Waals surface area contributed by atoms with Gasteiger partial charge in [-0.05, 0) is 68.3 Å². The molecule has 0 aliphatic heterocycles. The van der Waals surface area contributed by atoms with E-state index < -0.39 is 0 Å². The van der Waals surface area contributed by atoms with Gasteiger partial charge in [-0.3, -0.25) is 9.59 Å². The van der Waals surface area contributed by atoms with Crippen LogP contribution in [-0.2, 0) is 11.3 Å². The molecule has 1 aromatic heterocycles. The molecule has 150 valence electrons. The molecular formula is C23H25N3O3. The fraction of sp³-hybridized carbons (Fsp3) is 0.217. The number of carbonyl (C=O) groups excluding carboxylic acids is 2. The third-order valence-electron chi connectivity index (χ3n) is 4.54. The van der Waals surface area contributed by atoms with Crippen LogP contribution in [0.15, 0.2) is 59.2 Å². The van der Waals surface area contributed by atoms with Gasteiger partial charge in [-0.1, -0.05) is 17.7 Å². The molecule has 0 saturated heterocycles. The van der Waals surface area contributed by atoms with Crippen molar-refractivity contribution >= 4 is 23.2 Å². The Morgan fingerprint density at radius 3 is 2.28 bits per heavy atom. The van der Waals surface area contributed by atoms with E-state index in [0.717, 1.165) is 22.5 Å². The SMILES string of the molecule is Cc1cc(C)c(NC(=O)CNc2ccc(C(=O)NCc3ccco3)cc2)c(C)c1. The minimum Gasteiger partial charge on any atom is -0.467 e. The van der Waals surface area contributed by atoms with Crippen LogP contribution < -0.4 is 16.0 Å². The summed E-state index contributed by atoms with van der Waals surface area (Å²) >= 11 is 0. The number of furan rings is 1. The van der Waals surface area contributed by atoms with Crippen LogP contribution >= 0.6 is 0 Å². The van der Waals surface area contributed by atoms with Gasteiger partial charge in [0.05, 0.1) is 19.4 Å². The number of rotatable bonds is 7. The van der Waals surface area contributed by atoms with Crippen molar-refractivity contribution in [3.8, 4) is 0 Å². The van der Waals surface area contributed by atoms with Gasteiger partial charge in [0, 0.05) is 16.9 Å². The third kappa shape index (κ3) is 5.48. The summed E-state index contributed by atoms with van der Waals surface area (Å²) in [6.07, 6.45) is 1.57. The first-order valence-electron chi connectivity index (χ1n) is 9.44. The Hall–Kier alpha value is -3.54. The van der Waals surface area contributed by atoms with Gasteiger partial charge in [-0.2, -0.15) is 0 Å². The minimum absolute atomic E-state index is 0.125. The molecule has 2 amide bonds. The van der Waals surface area contributed by atoms with E-state index in [1.807, 2.05) is 32.9 Å². The van der Waals surface area contributed by atoms with Gasteiger partial charge in [-0.15, -0.1) is 0 Å². The average molecular weight is 391 g/mol. The predicted octanol–water partition coefficient (Wildman–Crippen LogP) is 4.19. The molecule has 3 N–H and O–H groups in total. The topological polar surface area (TPSA) is 83.4 Å². The summed E-state index contributed by atoms with van der Waals surface area (Å²) < 4.78 is 5.19. The lowest BCUT2D eigenvalue weighted by molar-refractivity contribution is -0.114. The van der Waals surface area contributed by atoms with E-state index in [9.17, 15) is 9.59 Å². The molecule has 0 aliphatic carbocycles. The van der Waals surface area contributed by atoms with Crippen LogP contribution in [-0.4, -0.2) is 18.4 Å². The van der Waals surface area contributed by atoms with Gasteiger partial charge in [0.15, 0.2) is 0 Å². The molecule has 6 nitrogen and oxygen atoms in total. The molecule has 0 spiro atoms. The fourth-order valence-corrected chi connectivity index (χ4v) is 3.17. The van der Waals surface area contributed by atoms with Crippen molar-refractivity contribution in [3.05, 3.63) is 82.8 Å². The highest BCUT2D eigenvalue weighted by atomic mass is 16.3. The zero-order chi connectivity index (χ0) is 20.8. The summed E-state index contributed by atoms with van der Waals surface area (Å²) in [6.45, 7) is 6.48. The van der Waals surface area contributed by atoms with E-state index in [0.29, 0.717) is 17.9 Å². The zero-order valence-corrected chi connectivity index (χ0v) is 16.8. The first-order chi connectivity index (χ1) is 13.9. The van der Waals surface area contributed by atoms with Crippen LogP contribution in [0.2, 0.25) is 0 Å². The van der Waals surface area contributed by atoms with Crippen molar-refractivity contribution in [1.29, 1.82) is 0 Å². The van der Waals surface area contributed by atoms with Crippen molar-refractivity contribution in [2.45, 2.75) is 27.3 Å². The van der Waals surface area contributed by atoms with Crippen LogP contribution in [0.5, 0.6) is 0 Å². The highest BCUT2D eigenvalue weighted by molar-refractivity contribution is 5.96. The van der Waals surface area contributed by atoms with E-state index in [-0.39, 0.29) is 18.4 Å². The van der Waals surface area contributed by atoms with Gasteiger partial charge in [0.1, 0.15) is 5.76 Å². The van der Waals surface area contributed by atoms with Crippen molar-refractivity contribution in [2.75, 3.05) is 17.2 Å². The lowest BCUT2D eigenvalue weighted by Crippen LogP contribution is -2.23. The Morgan fingerprint density at radius 1 is 0.966 bits per heavy atom. The Kier molecular flexibility index (Phi) is 6.34. The van der Waals surface area contributed by atoms with Crippen molar-refractivity contribution in [2.24, 2.45) is 0 Å². The Morgan fingerprint density at radius 2 is 1.66 bits per heavy atom. The summed E-state index contributed by atoms with van der Waals surface area (Å²) in [5.41, 5.74) is 5.41. The number of nitrogens with one attached hydrogen (secondary N) is 3. The van der Waals surface area contributed by atoms with E-state index in [4.69, 9.17) is 4.42 Å². The highest BCUT2D eigenvalue weighted by Crippen LogP contribution is 2.21. The van der Waals surface area contributed by atoms with Crippen molar-refractivity contribution < 1.29 is 14.0 Å². The summed E-state index contributed by atoms with van der Waals surface area (Å²) in [6, 6.07) is 14.7. The standard InChI is InChI=1S/C23H25N3O3/c1-15-11-16(2)22(17(3)12-15)26-21(27)14-24-19-8-6-18(7-9-19)23(28)25-13-20-5-4-10-29-20/h4-12,24H,13-14H2,1-3H3,(H,25,28)(H,26,27). The molecule has 3 rings (SSSR count). The molecule has 0 atom stereocenters. The van der Waals surface area contributed by atoms with Crippen LogP contribution in [0, 0.1) is 20.8 Å². The molecule has 0 saturated carbocycles. The predicted molar refractivity (Wildman–Crippen MR) is 114 cm³/mol. The normalized spacial score (nSPS) is 10.4. The molecule has 29 heavy (non-hydrogen) atoms. The van der Waals surface area contributed by atoms with E-state index in [2.05, 4.69) is 16.0 Å². The van der Waals surface area contributed by atoms with Gasteiger partial charge in [0.2, 0.25) is 5.91 Å². The monoisotopic (exact) mass is 391 g/mol. The van der Waals surface area contributed by atoms with Crippen LogP contribution in [0.25, 0.3) is 0 Å². The third-order valence-corrected chi connectivity index (χ3v) is 4.54. The van der Waals surface area contributed by atoms with Gasteiger partial charge in [-0.25, -0.2) is 0 Å². The van der Waals surface area contributed by atoms with Gasteiger partial charge < -0.3 is 20.4 Å². The summed E-state index contributed by atoms with van der Waals surface area (Å²) in [4.78, 5) is 24.5. The second kappa shape index (κ2) is 9.10. The molecule has 2 aromatic carbocycles. The number of carbonyl (C=O) groups is 2. The largest absolute Gasteiger partial charge is 0.467 e. The smallest absolute Gasteiger partial charge is 0.251 e. The maximum Gasteiger partial charge on any atom is 0.251 e. The number of amides is 2. The lowest BCUT2D eigenvalue weighted by atomic mass is 10.1. The van der Waals surface area contributed by atoms with Crippen LogP contribution in [0.3, 0.4) is 0 Å². The van der Waals surface area contributed by atoms with E-state index in [1.165, 1.54) is 5.56 Å². The second-order valence-electron chi connectivity index (χ2n) is 7.01. The van der Waals surface area contributed by atoms with Crippen molar-refractivity contribution in [1.82, 2.24) is 5.32 Å². The maximum absolute atomic E-state index is 12.3. The Balaban J connectivity index is 1.51. The first-order valence-corrected chi connectivity index (χ1v) is 9.44. The molecule has 0 aliphatic rings. The van der Waals surface area contributed by atoms with E-state index >= 15 is 0 Å².